The standard InChI is InChI=1S/C13H18Cl2N2O/c1-8(12(18)17-13(2,3)4)16-11-7-9(14)5-6-10(11)15/h5-8,16H,1-4H3,(H,17,18). The molecular weight excluding hydrogens is 271 g/mol. The molecular formula is C13H18Cl2N2O. The number of benzene rings is 1. The second kappa shape index (κ2) is 5.81. The molecule has 0 saturated carbocycles. The first-order valence-electron chi connectivity index (χ1n) is 5.72. The predicted molar refractivity (Wildman–Crippen MR) is 77.4 cm³/mol. The molecule has 1 aromatic rings. The monoisotopic (exact) mass is 288 g/mol. The molecule has 0 aromatic heterocycles. The summed E-state index contributed by atoms with van der Waals surface area (Å²) in [5.74, 6) is -0.0847. The van der Waals surface area contributed by atoms with Crippen LogP contribution in [0.25, 0.3) is 0 Å². The number of halogens is 2. The van der Waals surface area contributed by atoms with E-state index < -0.39 is 0 Å². The number of hydrogen-bond donors (Lipinski definition) is 2. The molecule has 1 rings (SSSR count). The minimum absolute atomic E-state index is 0.0847. The number of anilines is 1. The fraction of sp³-hybridized carbons (Fsp3) is 0.462. The van der Waals surface area contributed by atoms with Crippen molar-refractivity contribution >= 4 is 34.8 Å². The van der Waals surface area contributed by atoms with E-state index in [-0.39, 0.29) is 17.5 Å². The molecule has 0 saturated heterocycles. The second-order valence-electron chi connectivity index (χ2n) is 5.23. The lowest BCUT2D eigenvalue weighted by Gasteiger charge is -2.24. The highest BCUT2D eigenvalue weighted by atomic mass is 35.5. The molecule has 0 spiro atoms. The van der Waals surface area contributed by atoms with E-state index in [1.54, 1.807) is 25.1 Å². The van der Waals surface area contributed by atoms with E-state index in [9.17, 15) is 4.79 Å². The summed E-state index contributed by atoms with van der Waals surface area (Å²) in [6.45, 7) is 7.58. The zero-order valence-corrected chi connectivity index (χ0v) is 12.5. The van der Waals surface area contributed by atoms with Gasteiger partial charge in [-0.25, -0.2) is 0 Å². The molecule has 0 bridgehead atoms. The third-order valence-corrected chi connectivity index (χ3v) is 2.76. The van der Waals surface area contributed by atoms with Crippen LogP contribution in [0.3, 0.4) is 0 Å². The largest absolute Gasteiger partial charge is 0.373 e. The minimum atomic E-state index is -0.389. The molecule has 0 aliphatic heterocycles. The van der Waals surface area contributed by atoms with Gasteiger partial charge in [0.25, 0.3) is 0 Å². The number of carbonyl (C=O) groups excluding carboxylic acids is 1. The summed E-state index contributed by atoms with van der Waals surface area (Å²) in [4.78, 5) is 11.9. The van der Waals surface area contributed by atoms with Crippen molar-refractivity contribution in [2.75, 3.05) is 5.32 Å². The lowest BCUT2D eigenvalue weighted by atomic mass is 10.1. The summed E-state index contributed by atoms with van der Waals surface area (Å²) < 4.78 is 0. The van der Waals surface area contributed by atoms with Crippen molar-refractivity contribution in [1.82, 2.24) is 5.32 Å². The van der Waals surface area contributed by atoms with Gasteiger partial charge in [0.2, 0.25) is 5.91 Å². The van der Waals surface area contributed by atoms with Crippen LogP contribution in [0.15, 0.2) is 18.2 Å². The molecule has 1 aromatic carbocycles. The normalized spacial score (nSPS) is 13.0. The predicted octanol–water partition coefficient (Wildman–Crippen LogP) is 3.71. The van der Waals surface area contributed by atoms with Gasteiger partial charge in [0.15, 0.2) is 0 Å². The van der Waals surface area contributed by atoms with Gasteiger partial charge in [-0.15, -0.1) is 0 Å². The summed E-state index contributed by atoms with van der Waals surface area (Å²) >= 11 is 11.9. The number of amides is 1. The highest BCUT2D eigenvalue weighted by Gasteiger charge is 2.19. The first-order valence-corrected chi connectivity index (χ1v) is 6.48. The summed E-state index contributed by atoms with van der Waals surface area (Å²) in [6.07, 6.45) is 0. The molecule has 1 atom stereocenters. The van der Waals surface area contributed by atoms with Gasteiger partial charge in [0.05, 0.1) is 10.7 Å². The third kappa shape index (κ3) is 4.75. The van der Waals surface area contributed by atoms with Crippen LogP contribution in [0, 0.1) is 0 Å². The smallest absolute Gasteiger partial charge is 0.242 e. The molecule has 5 heteroatoms. The molecule has 0 aliphatic carbocycles. The number of rotatable bonds is 3. The van der Waals surface area contributed by atoms with Crippen LogP contribution in [0.1, 0.15) is 27.7 Å². The van der Waals surface area contributed by atoms with Crippen LogP contribution >= 0.6 is 23.2 Å². The Hall–Kier alpha value is -0.930. The zero-order chi connectivity index (χ0) is 13.9. The number of nitrogens with one attached hydrogen (secondary N) is 2. The topological polar surface area (TPSA) is 41.1 Å². The molecule has 1 unspecified atom stereocenters. The van der Waals surface area contributed by atoms with E-state index in [1.807, 2.05) is 20.8 Å². The van der Waals surface area contributed by atoms with Crippen LogP contribution in [0.2, 0.25) is 10.0 Å². The Morgan fingerprint density at radius 3 is 2.44 bits per heavy atom. The number of carbonyl (C=O) groups is 1. The van der Waals surface area contributed by atoms with E-state index in [1.165, 1.54) is 0 Å². The molecule has 0 fully saturated rings. The van der Waals surface area contributed by atoms with Crippen LogP contribution in [-0.4, -0.2) is 17.5 Å². The first kappa shape index (κ1) is 15.1. The zero-order valence-electron chi connectivity index (χ0n) is 11.0. The SMILES string of the molecule is CC(Nc1cc(Cl)ccc1Cl)C(=O)NC(C)(C)C. The van der Waals surface area contributed by atoms with Crippen molar-refractivity contribution in [2.45, 2.75) is 39.3 Å². The molecule has 1 amide bonds. The van der Waals surface area contributed by atoms with E-state index >= 15 is 0 Å². The molecule has 100 valence electrons. The average Bonchev–Trinajstić information content (AvgIpc) is 2.21. The molecule has 3 nitrogen and oxygen atoms in total. The van der Waals surface area contributed by atoms with Crippen molar-refractivity contribution < 1.29 is 4.79 Å². The molecule has 18 heavy (non-hydrogen) atoms. The van der Waals surface area contributed by atoms with E-state index in [0.29, 0.717) is 15.7 Å². The summed E-state index contributed by atoms with van der Waals surface area (Å²) in [6, 6.07) is 4.71. The first-order chi connectivity index (χ1) is 8.19. The van der Waals surface area contributed by atoms with Crippen LogP contribution in [0.5, 0.6) is 0 Å². The Morgan fingerprint density at radius 1 is 1.28 bits per heavy atom. The summed E-state index contributed by atoms with van der Waals surface area (Å²) in [5.41, 5.74) is 0.395. The van der Waals surface area contributed by atoms with E-state index in [4.69, 9.17) is 23.2 Å². The third-order valence-electron chi connectivity index (χ3n) is 2.19. The van der Waals surface area contributed by atoms with Crippen LogP contribution in [0.4, 0.5) is 5.69 Å². The lowest BCUT2D eigenvalue weighted by molar-refractivity contribution is -0.122. The lowest BCUT2D eigenvalue weighted by Crippen LogP contribution is -2.47. The molecule has 0 heterocycles. The highest BCUT2D eigenvalue weighted by molar-refractivity contribution is 6.35. The Labute approximate surface area is 118 Å². The quantitative estimate of drug-likeness (QED) is 0.890. The Balaban J connectivity index is 2.72. The molecule has 0 radical (unpaired) electrons. The van der Waals surface area contributed by atoms with Gasteiger partial charge in [0, 0.05) is 10.6 Å². The fourth-order valence-corrected chi connectivity index (χ4v) is 1.73. The number of hydrogen-bond acceptors (Lipinski definition) is 2. The van der Waals surface area contributed by atoms with Gasteiger partial charge in [0.1, 0.15) is 6.04 Å². The summed E-state index contributed by atoms with van der Waals surface area (Å²) in [7, 11) is 0. The Bertz CT molecular complexity index is 441. The summed E-state index contributed by atoms with van der Waals surface area (Å²) in [5, 5.41) is 7.05. The average molecular weight is 289 g/mol. The van der Waals surface area contributed by atoms with Crippen LogP contribution in [-0.2, 0) is 4.79 Å². The maximum atomic E-state index is 11.9. The van der Waals surface area contributed by atoms with Gasteiger partial charge in [-0.3, -0.25) is 4.79 Å². The van der Waals surface area contributed by atoms with Gasteiger partial charge in [-0.2, -0.15) is 0 Å². The van der Waals surface area contributed by atoms with Crippen molar-refractivity contribution in [1.29, 1.82) is 0 Å². The van der Waals surface area contributed by atoms with Gasteiger partial charge < -0.3 is 10.6 Å². The minimum Gasteiger partial charge on any atom is -0.373 e. The second-order valence-corrected chi connectivity index (χ2v) is 6.07. The van der Waals surface area contributed by atoms with Gasteiger partial charge in [-0.1, -0.05) is 23.2 Å². The van der Waals surface area contributed by atoms with Crippen molar-refractivity contribution in [3.63, 3.8) is 0 Å². The maximum absolute atomic E-state index is 11.9. The van der Waals surface area contributed by atoms with Crippen molar-refractivity contribution in [2.24, 2.45) is 0 Å². The van der Waals surface area contributed by atoms with E-state index in [2.05, 4.69) is 10.6 Å². The van der Waals surface area contributed by atoms with Gasteiger partial charge in [-0.05, 0) is 45.9 Å². The maximum Gasteiger partial charge on any atom is 0.242 e. The molecule has 2 N–H and O–H groups in total. The van der Waals surface area contributed by atoms with Crippen LogP contribution < -0.4 is 10.6 Å². The molecule has 0 aliphatic rings. The van der Waals surface area contributed by atoms with E-state index in [0.717, 1.165) is 0 Å². The van der Waals surface area contributed by atoms with Crippen molar-refractivity contribution in [3.8, 4) is 0 Å². The Morgan fingerprint density at radius 2 is 1.89 bits per heavy atom. The van der Waals surface area contributed by atoms with Gasteiger partial charge >= 0.3 is 0 Å². The highest BCUT2D eigenvalue weighted by Crippen LogP contribution is 2.26. The van der Waals surface area contributed by atoms with Crippen molar-refractivity contribution in [3.05, 3.63) is 28.2 Å². The Kier molecular flexibility index (Phi) is 4.88. The fourth-order valence-electron chi connectivity index (χ4n) is 1.38.